The Bertz CT molecular complexity index is 1060. The van der Waals surface area contributed by atoms with E-state index in [9.17, 15) is 9.13 Å². The van der Waals surface area contributed by atoms with E-state index < -0.39 is 15.4 Å². The second-order valence-corrected chi connectivity index (χ2v) is 9.62. The van der Waals surface area contributed by atoms with Gasteiger partial charge < -0.3 is 4.52 Å². The van der Waals surface area contributed by atoms with Crippen LogP contribution in [0.4, 0.5) is 0 Å². The van der Waals surface area contributed by atoms with Crippen LogP contribution in [-0.2, 0) is 9.13 Å². The molecule has 4 nitrogen and oxygen atoms in total. The molecule has 4 aromatic rings. The smallest absolute Gasteiger partial charge is 0.437 e. The highest BCUT2D eigenvalue weighted by atomic mass is 31.2. The summed E-state index contributed by atoms with van der Waals surface area (Å²) in [7, 11) is -5.29. The third kappa shape index (κ3) is 5.75. The van der Waals surface area contributed by atoms with E-state index in [0.717, 1.165) is 0 Å². The van der Waals surface area contributed by atoms with E-state index >= 15 is 0 Å². The average molecular weight is 435 g/mol. The Balaban J connectivity index is 0.000000239. The van der Waals surface area contributed by atoms with Crippen LogP contribution in [0, 0.1) is 0 Å². The molecule has 1 N–H and O–H groups in total. The number of hydrogen-bond donors (Lipinski definition) is 1. The molecule has 0 fully saturated rings. The minimum atomic E-state index is -3.15. The van der Waals surface area contributed by atoms with E-state index in [1.165, 1.54) is 0 Å². The Labute approximate surface area is 177 Å². The summed E-state index contributed by atoms with van der Waals surface area (Å²) in [5.74, 6) is 0.605. The van der Waals surface area contributed by atoms with Crippen molar-refractivity contribution in [1.29, 1.82) is 0 Å². The second-order valence-electron chi connectivity index (χ2n) is 6.24. The Morgan fingerprint density at radius 1 is 0.600 bits per heavy atom. The molecule has 0 aliphatic heterocycles. The van der Waals surface area contributed by atoms with Crippen LogP contribution in [0.2, 0.25) is 0 Å². The highest BCUT2D eigenvalue weighted by Crippen LogP contribution is 2.44. The summed E-state index contributed by atoms with van der Waals surface area (Å²) in [4.78, 5) is 8.53. The Kier molecular flexibility index (Phi) is 7.70. The van der Waals surface area contributed by atoms with Gasteiger partial charge in [0, 0.05) is 0 Å². The van der Waals surface area contributed by atoms with Gasteiger partial charge in [0.2, 0.25) is 5.30 Å². The molecule has 1 unspecified atom stereocenters. The summed E-state index contributed by atoms with van der Waals surface area (Å²) in [5.41, 5.74) is 0. The lowest BCUT2D eigenvalue weighted by molar-refractivity contribution is 0.502. The maximum Gasteiger partial charge on any atom is 0.546 e. The first kappa shape index (κ1) is 21.7. The highest BCUT2D eigenvalue weighted by Gasteiger charge is 2.29. The molecule has 0 bridgehead atoms. The van der Waals surface area contributed by atoms with Gasteiger partial charge in [-0.2, -0.15) is 4.89 Å². The normalized spacial score (nSPS) is 11.0. The molecule has 1 atom stereocenters. The molecule has 0 saturated carbocycles. The van der Waals surface area contributed by atoms with Crippen molar-refractivity contribution in [2.75, 3.05) is 0 Å². The molecule has 4 aromatic carbocycles. The fourth-order valence-corrected chi connectivity index (χ4v) is 5.17. The van der Waals surface area contributed by atoms with Crippen LogP contribution >= 0.6 is 15.4 Å². The fourth-order valence-electron chi connectivity index (χ4n) is 2.69. The van der Waals surface area contributed by atoms with Crippen LogP contribution in [0.5, 0.6) is 5.75 Å². The first-order valence-corrected chi connectivity index (χ1v) is 12.1. The van der Waals surface area contributed by atoms with Crippen molar-refractivity contribution >= 4 is 31.3 Å². The van der Waals surface area contributed by atoms with Crippen LogP contribution in [-0.4, -0.2) is 4.89 Å². The van der Waals surface area contributed by atoms with Crippen molar-refractivity contribution in [2.24, 2.45) is 0 Å². The van der Waals surface area contributed by atoms with Gasteiger partial charge in [-0.25, -0.2) is 0 Å². The van der Waals surface area contributed by atoms with Gasteiger partial charge in [-0.05, 0) is 53.1 Å². The standard InChI is InChI=1S/C18H15O2P.C6H5O2P/c19-21(17-12-6-2-7-13-17,18-14-8-3-9-15-18)20-16-10-4-1-5-11-16;7-9(8)6-4-2-1-3-5-6/h1-15H;1-5H/p+1. The van der Waals surface area contributed by atoms with Gasteiger partial charge in [0.05, 0.1) is 10.6 Å². The summed E-state index contributed by atoms with van der Waals surface area (Å²) in [5, 5.41) is 1.87. The zero-order valence-corrected chi connectivity index (χ0v) is 17.9. The minimum absolute atomic E-state index is 0.479. The van der Waals surface area contributed by atoms with Crippen molar-refractivity contribution in [3.8, 4) is 5.75 Å². The Morgan fingerprint density at radius 3 is 1.33 bits per heavy atom. The minimum Gasteiger partial charge on any atom is -0.437 e. The first-order chi connectivity index (χ1) is 14.6. The van der Waals surface area contributed by atoms with Crippen molar-refractivity contribution in [2.45, 2.75) is 0 Å². The molecule has 150 valence electrons. The Hall–Kier alpha value is -3.03. The largest absolute Gasteiger partial charge is 0.546 e. The lowest BCUT2D eigenvalue weighted by atomic mass is 10.3. The maximum absolute atomic E-state index is 13.6. The molecule has 6 heteroatoms. The van der Waals surface area contributed by atoms with Crippen molar-refractivity contribution in [3.05, 3.63) is 121 Å². The van der Waals surface area contributed by atoms with E-state index in [1.54, 1.807) is 24.3 Å². The molecular weight excluding hydrogens is 414 g/mol. The molecule has 30 heavy (non-hydrogen) atoms. The summed E-state index contributed by atoms with van der Waals surface area (Å²) in [6.07, 6.45) is 0. The van der Waals surface area contributed by atoms with E-state index in [-0.39, 0.29) is 0 Å². The van der Waals surface area contributed by atoms with Gasteiger partial charge in [0.15, 0.2) is 0 Å². The number of rotatable bonds is 5. The molecule has 0 spiro atoms. The zero-order valence-electron chi connectivity index (χ0n) is 16.1. The predicted molar refractivity (Wildman–Crippen MR) is 123 cm³/mol. The number of hydrogen-bond acceptors (Lipinski definition) is 3. The molecule has 0 aliphatic rings. The summed E-state index contributed by atoms with van der Waals surface area (Å²) in [6, 6.07) is 36.5. The molecular formula is C24H21O4P2+. The monoisotopic (exact) mass is 435 g/mol. The van der Waals surface area contributed by atoms with Crippen molar-refractivity contribution in [3.63, 3.8) is 0 Å². The molecule has 0 aromatic heterocycles. The van der Waals surface area contributed by atoms with Crippen molar-refractivity contribution < 1.29 is 18.5 Å². The van der Waals surface area contributed by atoms with Crippen LogP contribution in [0.1, 0.15) is 0 Å². The molecule has 0 aliphatic carbocycles. The van der Waals surface area contributed by atoms with Crippen LogP contribution in [0.3, 0.4) is 0 Å². The maximum atomic E-state index is 13.6. The van der Waals surface area contributed by atoms with Crippen LogP contribution < -0.4 is 20.4 Å². The van der Waals surface area contributed by atoms with E-state index in [1.807, 2.05) is 97.1 Å². The van der Waals surface area contributed by atoms with E-state index in [0.29, 0.717) is 21.7 Å². The molecule has 0 amide bonds. The van der Waals surface area contributed by atoms with Crippen molar-refractivity contribution in [1.82, 2.24) is 0 Å². The number of para-hydroxylation sites is 1. The van der Waals surface area contributed by atoms with Crippen LogP contribution in [0.15, 0.2) is 121 Å². The predicted octanol–water partition coefficient (Wildman–Crippen LogP) is 5.04. The SMILES string of the molecule is O=P(Oc1ccccc1)(c1ccccc1)c1ccccc1.O=[P+](O)c1ccccc1. The second kappa shape index (κ2) is 10.7. The first-order valence-electron chi connectivity index (χ1n) is 9.27. The third-order valence-electron chi connectivity index (χ3n) is 4.15. The van der Waals surface area contributed by atoms with E-state index in [2.05, 4.69) is 0 Å². The van der Waals surface area contributed by atoms with Gasteiger partial charge in [0.1, 0.15) is 5.75 Å². The third-order valence-corrected chi connectivity index (χ3v) is 7.31. The average Bonchev–Trinajstić information content (AvgIpc) is 2.82. The summed E-state index contributed by atoms with van der Waals surface area (Å²) >= 11 is 0. The van der Waals surface area contributed by atoms with Gasteiger partial charge >= 0.3 is 15.4 Å². The fraction of sp³-hybridized carbons (Fsp3) is 0. The molecule has 0 saturated heterocycles. The molecule has 0 radical (unpaired) electrons. The highest BCUT2D eigenvalue weighted by molar-refractivity contribution is 7.74. The number of benzene rings is 4. The lowest BCUT2D eigenvalue weighted by Gasteiger charge is -2.20. The van der Waals surface area contributed by atoms with Gasteiger partial charge in [-0.15, -0.1) is 0 Å². The molecule has 4 rings (SSSR count). The van der Waals surface area contributed by atoms with Gasteiger partial charge in [0.25, 0.3) is 0 Å². The van der Waals surface area contributed by atoms with Gasteiger partial charge in [-0.1, -0.05) is 72.8 Å². The zero-order chi connectivity index (χ0) is 21.2. The topological polar surface area (TPSA) is 63.6 Å². The van der Waals surface area contributed by atoms with Gasteiger partial charge in [-0.3, -0.25) is 4.57 Å². The molecule has 0 heterocycles. The van der Waals surface area contributed by atoms with E-state index in [4.69, 9.17) is 9.42 Å². The quantitative estimate of drug-likeness (QED) is 0.446. The van der Waals surface area contributed by atoms with Crippen LogP contribution in [0.25, 0.3) is 0 Å². The summed E-state index contributed by atoms with van der Waals surface area (Å²) in [6.45, 7) is 0. The Morgan fingerprint density at radius 2 is 0.967 bits per heavy atom. The lowest BCUT2D eigenvalue weighted by Crippen LogP contribution is -2.19. The summed E-state index contributed by atoms with van der Waals surface area (Å²) < 4.78 is 29.8.